The van der Waals surface area contributed by atoms with Gasteiger partial charge in [-0.1, -0.05) is 71.1 Å². The van der Waals surface area contributed by atoms with Crippen molar-refractivity contribution in [2.45, 2.75) is 77.6 Å². The quantitative estimate of drug-likeness (QED) is 0.521. The topological polar surface area (TPSA) is 0 Å². The Balaban J connectivity index is 1.88. The maximum Gasteiger partial charge on any atom is -0.0383 e. The van der Waals surface area contributed by atoms with Crippen LogP contribution < -0.4 is 0 Å². The van der Waals surface area contributed by atoms with Crippen molar-refractivity contribution in [3.63, 3.8) is 0 Å². The summed E-state index contributed by atoms with van der Waals surface area (Å²) in [7, 11) is 0. The van der Waals surface area contributed by atoms with Gasteiger partial charge in [0.2, 0.25) is 0 Å². The van der Waals surface area contributed by atoms with Gasteiger partial charge in [0.15, 0.2) is 0 Å². The minimum absolute atomic E-state index is 1.01. The lowest BCUT2D eigenvalue weighted by atomic mass is 9.79. The molecule has 0 nitrogen and oxygen atoms in total. The van der Waals surface area contributed by atoms with E-state index in [1.165, 1.54) is 44.9 Å². The van der Waals surface area contributed by atoms with E-state index in [0.29, 0.717) is 0 Å². The minimum atomic E-state index is 1.01. The predicted molar refractivity (Wildman–Crippen MR) is 66.9 cm³/mol. The minimum Gasteiger partial charge on any atom is -0.0625 e. The van der Waals surface area contributed by atoms with Crippen molar-refractivity contribution in [2.75, 3.05) is 0 Å². The Labute approximate surface area is 95.8 Å². The number of rotatable bonds is 1. The van der Waals surface area contributed by atoms with Crippen LogP contribution in [-0.4, -0.2) is 0 Å². The molecule has 2 atom stereocenters. The SMILES string of the molecule is CC1CCCCC(C2CCCCCC2)C1. The molecule has 0 bridgehead atoms. The van der Waals surface area contributed by atoms with Crippen molar-refractivity contribution in [2.24, 2.45) is 17.8 Å². The van der Waals surface area contributed by atoms with E-state index < -0.39 is 0 Å². The molecule has 15 heavy (non-hydrogen) atoms. The van der Waals surface area contributed by atoms with Gasteiger partial charge in [-0.15, -0.1) is 0 Å². The van der Waals surface area contributed by atoms with Gasteiger partial charge in [-0.2, -0.15) is 0 Å². The van der Waals surface area contributed by atoms with E-state index >= 15 is 0 Å². The first-order chi connectivity index (χ1) is 7.36. The van der Waals surface area contributed by atoms with Gasteiger partial charge in [-0.3, -0.25) is 0 Å². The van der Waals surface area contributed by atoms with Crippen molar-refractivity contribution in [3.05, 3.63) is 0 Å². The lowest BCUT2D eigenvalue weighted by Gasteiger charge is -2.26. The Hall–Kier alpha value is 0. The Kier molecular flexibility index (Phi) is 4.53. The fraction of sp³-hybridized carbons (Fsp3) is 1.00. The molecule has 88 valence electrons. The zero-order valence-corrected chi connectivity index (χ0v) is 10.5. The van der Waals surface area contributed by atoms with Crippen LogP contribution in [0.3, 0.4) is 0 Å². The van der Waals surface area contributed by atoms with Gasteiger partial charge in [0.25, 0.3) is 0 Å². The van der Waals surface area contributed by atoms with E-state index in [0.717, 1.165) is 17.8 Å². The van der Waals surface area contributed by atoms with Gasteiger partial charge in [-0.25, -0.2) is 0 Å². The highest BCUT2D eigenvalue weighted by molar-refractivity contribution is 4.77. The van der Waals surface area contributed by atoms with Crippen molar-refractivity contribution >= 4 is 0 Å². The molecular weight excluding hydrogens is 180 g/mol. The van der Waals surface area contributed by atoms with Crippen LogP contribution in [0.15, 0.2) is 0 Å². The number of hydrogen-bond donors (Lipinski definition) is 0. The lowest BCUT2D eigenvalue weighted by molar-refractivity contribution is 0.248. The first kappa shape index (κ1) is 11.5. The van der Waals surface area contributed by atoms with E-state index in [2.05, 4.69) is 6.92 Å². The first-order valence-corrected chi connectivity index (χ1v) is 7.36. The van der Waals surface area contributed by atoms with Gasteiger partial charge in [-0.05, 0) is 24.2 Å². The van der Waals surface area contributed by atoms with Gasteiger partial charge < -0.3 is 0 Å². The Morgan fingerprint density at radius 2 is 1.13 bits per heavy atom. The maximum absolute atomic E-state index is 2.48. The third-order valence-electron chi connectivity index (χ3n) is 4.79. The maximum atomic E-state index is 2.48. The van der Waals surface area contributed by atoms with E-state index in [4.69, 9.17) is 0 Å². The molecule has 2 aliphatic rings. The van der Waals surface area contributed by atoms with Gasteiger partial charge in [0.1, 0.15) is 0 Å². The van der Waals surface area contributed by atoms with Crippen LogP contribution in [0.25, 0.3) is 0 Å². The van der Waals surface area contributed by atoms with Crippen LogP contribution in [0.5, 0.6) is 0 Å². The highest BCUT2D eigenvalue weighted by atomic mass is 14.3. The van der Waals surface area contributed by atoms with Crippen LogP contribution >= 0.6 is 0 Å². The molecule has 0 amide bonds. The normalized spacial score (nSPS) is 35.8. The molecule has 0 heteroatoms. The molecule has 2 fully saturated rings. The zero-order chi connectivity index (χ0) is 10.5. The summed E-state index contributed by atoms with van der Waals surface area (Å²) in [5, 5.41) is 0. The monoisotopic (exact) mass is 208 g/mol. The third-order valence-corrected chi connectivity index (χ3v) is 4.79. The van der Waals surface area contributed by atoms with Gasteiger partial charge >= 0.3 is 0 Å². The van der Waals surface area contributed by atoms with E-state index in [1.807, 2.05) is 0 Å². The number of hydrogen-bond acceptors (Lipinski definition) is 0. The third kappa shape index (κ3) is 3.50. The molecule has 0 N–H and O–H groups in total. The summed E-state index contributed by atoms with van der Waals surface area (Å²) in [6, 6.07) is 0. The summed E-state index contributed by atoms with van der Waals surface area (Å²) >= 11 is 0. The summed E-state index contributed by atoms with van der Waals surface area (Å²) in [4.78, 5) is 0. The largest absolute Gasteiger partial charge is 0.0625 e. The molecule has 2 saturated carbocycles. The fourth-order valence-corrected chi connectivity index (χ4v) is 3.86. The predicted octanol–water partition coefficient (Wildman–Crippen LogP) is 5.17. The second-order valence-electron chi connectivity index (χ2n) is 6.14. The molecular formula is C15H28. The Morgan fingerprint density at radius 3 is 1.87 bits per heavy atom. The molecule has 0 aromatic carbocycles. The average molecular weight is 208 g/mol. The molecule has 0 spiro atoms. The van der Waals surface area contributed by atoms with Crippen LogP contribution in [0.2, 0.25) is 0 Å². The zero-order valence-electron chi connectivity index (χ0n) is 10.5. The fourth-order valence-electron chi connectivity index (χ4n) is 3.86. The second-order valence-corrected chi connectivity index (χ2v) is 6.14. The summed E-state index contributed by atoms with van der Waals surface area (Å²) in [6.07, 6.45) is 16.8. The molecule has 0 heterocycles. The summed E-state index contributed by atoms with van der Waals surface area (Å²) in [6.45, 7) is 2.48. The van der Waals surface area contributed by atoms with Crippen LogP contribution in [0.4, 0.5) is 0 Å². The van der Waals surface area contributed by atoms with Crippen LogP contribution in [0.1, 0.15) is 77.6 Å². The molecule has 0 aromatic heterocycles. The van der Waals surface area contributed by atoms with Crippen molar-refractivity contribution in [1.29, 1.82) is 0 Å². The molecule has 0 saturated heterocycles. The first-order valence-electron chi connectivity index (χ1n) is 7.36. The molecule has 2 rings (SSSR count). The summed E-state index contributed by atoms with van der Waals surface area (Å²) in [5.41, 5.74) is 0. The lowest BCUT2D eigenvalue weighted by Crippen LogP contribution is -2.15. The van der Waals surface area contributed by atoms with E-state index in [9.17, 15) is 0 Å². The molecule has 2 aliphatic carbocycles. The van der Waals surface area contributed by atoms with Gasteiger partial charge in [0, 0.05) is 0 Å². The second kappa shape index (κ2) is 5.92. The smallest absolute Gasteiger partial charge is 0.0383 e. The molecule has 0 radical (unpaired) electrons. The summed E-state index contributed by atoms with van der Waals surface area (Å²) in [5.74, 6) is 3.22. The highest BCUT2D eigenvalue weighted by Crippen LogP contribution is 2.38. The van der Waals surface area contributed by atoms with E-state index in [-0.39, 0.29) is 0 Å². The van der Waals surface area contributed by atoms with Crippen molar-refractivity contribution in [3.8, 4) is 0 Å². The highest BCUT2D eigenvalue weighted by Gasteiger charge is 2.25. The van der Waals surface area contributed by atoms with Crippen molar-refractivity contribution in [1.82, 2.24) is 0 Å². The average Bonchev–Trinajstić information content (AvgIpc) is 2.59. The summed E-state index contributed by atoms with van der Waals surface area (Å²) < 4.78 is 0. The van der Waals surface area contributed by atoms with Crippen LogP contribution in [-0.2, 0) is 0 Å². The molecule has 0 aromatic rings. The Bertz CT molecular complexity index is 165. The standard InChI is InChI=1S/C15H28/c1-13-8-6-7-11-15(12-13)14-9-4-2-3-5-10-14/h13-15H,2-12H2,1H3. The molecule has 2 unspecified atom stereocenters. The van der Waals surface area contributed by atoms with Crippen molar-refractivity contribution < 1.29 is 0 Å². The molecule has 0 aliphatic heterocycles. The van der Waals surface area contributed by atoms with E-state index in [1.54, 1.807) is 25.7 Å². The van der Waals surface area contributed by atoms with Crippen LogP contribution in [0, 0.1) is 17.8 Å². The Morgan fingerprint density at radius 1 is 0.600 bits per heavy atom. The van der Waals surface area contributed by atoms with Gasteiger partial charge in [0.05, 0.1) is 0 Å².